The van der Waals surface area contributed by atoms with Crippen molar-refractivity contribution in [3.63, 3.8) is 0 Å². The molecular formula is C26H39F3N2O. The van der Waals surface area contributed by atoms with Crippen molar-refractivity contribution in [2.75, 3.05) is 14.1 Å². The number of nitrogens with zero attached hydrogens (tertiary/aromatic N) is 1. The average molecular weight is 453 g/mol. The number of hydrogen-bond donors (Lipinski definition) is 1. The highest BCUT2D eigenvalue weighted by Gasteiger charge is 2.42. The minimum Gasteiger partial charge on any atom is -0.373 e. The number of carbonyl (C=O) groups is 1. The number of unbranched alkanes of at least 4 members (excludes halogenated alkanes) is 3. The van der Waals surface area contributed by atoms with E-state index in [9.17, 15) is 18.0 Å². The first-order valence-electron chi connectivity index (χ1n) is 11.5. The van der Waals surface area contributed by atoms with Crippen LogP contribution in [0.2, 0.25) is 0 Å². The van der Waals surface area contributed by atoms with Crippen LogP contribution in [0.1, 0.15) is 77.3 Å². The molecule has 0 aliphatic heterocycles. The molecule has 1 aromatic carbocycles. The predicted octanol–water partition coefficient (Wildman–Crippen LogP) is 7.18. The summed E-state index contributed by atoms with van der Waals surface area (Å²) in [4.78, 5) is 14.2. The monoisotopic (exact) mass is 452 g/mol. The molecule has 1 aromatic rings. The summed E-state index contributed by atoms with van der Waals surface area (Å²) in [5.74, 6) is -0.539. The number of nitrogens with one attached hydrogen (secondary N) is 1. The molecule has 0 spiro atoms. The molecule has 1 aliphatic carbocycles. The first-order chi connectivity index (χ1) is 15.0. The summed E-state index contributed by atoms with van der Waals surface area (Å²) in [6.45, 7) is 9.60. The lowest BCUT2D eigenvalue weighted by Gasteiger charge is -2.45. The van der Waals surface area contributed by atoms with E-state index >= 15 is 0 Å². The third kappa shape index (κ3) is 8.36. The van der Waals surface area contributed by atoms with Crippen LogP contribution in [0, 0.1) is 5.41 Å². The van der Waals surface area contributed by atoms with Gasteiger partial charge < -0.3 is 10.2 Å². The maximum atomic E-state index is 12.8. The molecule has 0 aromatic heterocycles. The summed E-state index contributed by atoms with van der Waals surface area (Å²) < 4.78 is 38.5. The Hall–Kier alpha value is -2.24. The second-order valence-corrected chi connectivity index (χ2v) is 8.98. The molecule has 180 valence electrons. The number of benzene rings is 1. The quantitative estimate of drug-likeness (QED) is 0.244. The number of halogens is 3. The van der Waals surface area contributed by atoms with Gasteiger partial charge in [0.05, 0.1) is 11.6 Å². The van der Waals surface area contributed by atoms with Crippen LogP contribution >= 0.6 is 0 Å². The number of allylic oxidation sites excluding steroid dienone is 2. The van der Waals surface area contributed by atoms with Crippen molar-refractivity contribution in [1.29, 1.82) is 0 Å². The Morgan fingerprint density at radius 1 is 1.16 bits per heavy atom. The lowest BCUT2D eigenvalue weighted by molar-refractivity contribution is -0.121. The van der Waals surface area contributed by atoms with Crippen molar-refractivity contribution in [1.82, 2.24) is 10.2 Å². The van der Waals surface area contributed by atoms with Gasteiger partial charge in [0.2, 0.25) is 0 Å². The van der Waals surface area contributed by atoms with Gasteiger partial charge >= 0.3 is 6.18 Å². The molecule has 0 radical (unpaired) electrons. The first-order valence-corrected chi connectivity index (χ1v) is 11.5. The lowest BCUT2D eigenvalue weighted by atomic mass is 9.64. The van der Waals surface area contributed by atoms with Gasteiger partial charge in [-0.3, -0.25) is 4.79 Å². The van der Waals surface area contributed by atoms with Crippen LogP contribution in [0.5, 0.6) is 0 Å². The summed E-state index contributed by atoms with van der Waals surface area (Å²) in [6, 6.07) is 9.29. The molecule has 2 rings (SSSR count). The normalized spacial score (nSPS) is 16.2. The summed E-state index contributed by atoms with van der Waals surface area (Å²) in [6.07, 6.45) is 4.76. The molecular weight excluding hydrogens is 413 g/mol. The highest BCUT2D eigenvalue weighted by Crippen LogP contribution is 2.49. The van der Waals surface area contributed by atoms with Crippen LogP contribution in [0.25, 0.3) is 0 Å². The fraction of sp³-hybridized carbons (Fsp3) is 0.577. The van der Waals surface area contributed by atoms with E-state index in [0.717, 1.165) is 30.9 Å². The second-order valence-electron chi connectivity index (χ2n) is 8.98. The maximum absolute atomic E-state index is 12.8. The van der Waals surface area contributed by atoms with E-state index in [1.165, 1.54) is 44.7 Å². The van der Waals surface area contributed by atoms with Crippen molar-refractivity contribution in [2.45, 2.75) is 77.9 Å². The van der Waals surface area contributed by atoms with Gasteiger partial charge in [0.25, 0.3) is 5.91 Å². The Kier molecular flexibility index (Phi) is 11.0. The SMILES string of the molecule is C=C(/C=C(/C(=O)NC(c1ccccc1)C1(C)CCC1)N(C)C)C(F)(F)F.CCCCCC. The molecule has 1 atom stereocenters. The molecule has 3 nitrogen and oxygen atoms in total. The van der Waals surface area contributed by atoms with Crippen molar-refractivity contribution in [3.8, 4) is 0 Å². The van der Waals surface area contributed by atoms with Crippen LogP contribution in [0.4, 0.5) is 13.2 Å². The third-order valence-electron chi connectivity index (χ3n) is 5.95. The Balaban J connectivity index is 0.000000751. The fourth-order valence-corrected chi connectivity index (χ4v) is 3.68. The van der Waals surface area contributed by atoms with E-state index in [4.69, 9.17) is 0 Å². The molecule has 1 saturated carbocycles. The van der Waals surface area contributed by atoms with Crippen molar-refractivity contribution in [3.05, 3.63) is 59.8 Å². The molecule has 1 aliphatic rings. The van der Waals surface area contributed by atoms with Crippen LogP contribution in [-0.4, -0.2) is 31.1 Å². The number of hydrogen-bond acceptors (Lipinski definition) is 2. The van der Waals surface area contributed by atoms with Crippen LogP contribution in [0.15, 0.2) is 54.3 Å². The summed E-state index contributed by atoms with van der Waals surface area (Å²) >= 11 is 0. The van der Waals surface area contributed by atoms with E-state index in [2.05, 4.69) is 32.7 Å². The summed E-state index contributed by atoms with van der Waals surface area (Å²) in [5, 5.41) is 2.96. The van der Waals surface area contributed by atoms with Gasteiger partial charge in [-0.25, -0.2) is 0 Å². The third-order valence-corrected chi connectivity index (χ3v) is 5.95. The van der Waals surface area contributed by atoms with E-state index < -0.39 is 17.7 Å². The number of rotatable bonds is 9. The van der Waals surface area contributed by atoms with Crippen molar-refractivity contribution >= 4 is 5.91 Å². The predicted molar refractivity (Wildman–Crippen MR) is 126 cm³/mol. The van der Waals surface area contributed by atoms with E-state index in [1.807, 2.05) is 30.3 Å². The Morgan fingerprint density at radius 3 is 2.06 bits per heavy atom. The molecule has 0 saturated heterocycles. The van der Waals surface area contributed by atoms with Gasteiger partial charge in [-0.2, -0.15) is 13.2 Å². The molecule has 1 amide bonds. The Morgan fingerprint density at radius 2 is 1.69 bits per heavy atom. The minimum absolute atomic E-state index is 0.0730. The zero-order chi connectivity index (χ0) is 24.4. The van der Waals surface area contributed by atoms with Gasteiger partial charge in [0.15, 0.2) is 0 Å². The van der Waals surface area contributed by atoms with Gasteiger partial charge in [-0.05, 0) is 29.9 Å². The Bertz CT molecular complexity index is 746. The largest absolute Gasteiger partial charge is 0.415 e. The van der Waals surface area contributed by atoms with Gasteiger partial charge in [-0.1, -0.05) is 89.8 Å². The lowest BCUT2D eigenvalue weighted by Crippen LogP contribution is -2.45. The zero-order valence-electron chi connectivity index (χ0n) is 20.2. The first kappa shape index (κ1) is 27.8. The summed E-state index contributed by atoms with van der Waals surface area (Å²) in [5.41, 5.74) is -0.274. The molecule has 0 bridgehead atoms. The number of alkyl halides is 3. The van der Waals surface area contributed by atoms with E-state index in [-0.39, 0.29) is 17.2 Å². The van der Waals surface area contributed by atoms with Crippen LogP contribution in [-0.2, 0) is 4.79 Å². The summed E-state index contributed by atoms with van der Waals surface area (Å²) in [7, 11) is 3.08. The molecule has 6 heteroatoms. The molecule has 1 fully saturated rings. The number of carbonyl (C=O) groups excluding carboxylic acids is 1. The minimum atomic E-state index is -4.57. The van der Waals surface area contributed by atoms with E-state index in [0.29, 0.717) is 0 Å². The van der Waals surface area contributed by atoms with Gasteiger partial charge in [0.1, 0.15) is 5.70 Å². The van der Waals surface area contributed by atoms with Crippen molar-refractivity contribution < 1.29 is 18.0 Å². The molecule has 32 heavy (non-hydrogen) atoms. The van der Waals surface area contributed by atoms with Crippen molar-refractivity contribution in [2.24, 2.45) is 5.41 Å². The number of likely N-dealkylation sites (N-methyl/N-ethyl adjacent to an activating group) is 1. The zero-order valence-corrected chi connectivity index (χ0v) is 20.2. The number of amides is 1. The fourth-order valence-electron chi connectivity index (χ4n) is 3.68. The highest BCUT2D eigenvalue weighted by atomic mass is 19.4. The van der Waals surface area contributed by atoms with Crippen LogP contribution in [0.3, 0.4) is 0 Å². The van der Waals surface area contributed by atoms with Crippen LogP contribution < -0.4 is 5.32 Å². The topological polar surface area (TPSA) is 32.3 Å². The average Bonchev–Trinajstić information content (AvgIpc) is 2.72. The molecule has 0 heterocycles. The molecule has 1 N–H and O–H groups in total. The second kappa shape index (κ2) is 12.7. The van der Waals surface area contributed by atoms with E-state index in [1.54, 1.807) is 0 Å². The standard InChI is InChI=1S/C20H25F3N2O.C6H14/c1-14(20(21,22)23)13-16(25(3)4)18(26)24-17(19(2)11-8-12-19)15-9-6-5-7-10-15;1-3-5-6-4-2/h5-7,9-10,13,17H,1,8,11-12H2,2-4H3,(H,24,26);3-6H2,1-2H3/b16-13-;. The Labute approximate surface area is 191 Å². The molecule has 1 unspecified atom stereocenters. The van der Waals surface area contributed by atoms with Gasteiger partial charge in [-0.15, -0.1) is 0 Å². The van der Waals surface area contributed by atoms with Gasteiger partial charge in [0, 0.05) is 14.1 Å². The maximum Gasteiger partial charge on any atom is 0.415 e. The highest BCUT2D eigenvalue weighted by molar-refractivity contribution is 5.93. The smallest absolute Gasteiger partial charge is 0.373 e.